The molecule has 1 atom stereocenters. The molecule has 1 fully saturated rings. The number of nitrogens with one attached hydrogen (secondary N) is 1. The minimum Gasteiger partial charge on any atom is -0.450 e. The lowest BCUT2D eigenvalue weighted by Gasteiger charge is -2.33. The Morgan fingerprint density at radius 2 is 2.18 bits per heavy atom. The van der Waals surface area contributed by atoms with E-state index in [1.807, 2.05) is 26.4 Å². The third-order valence-corrected chi connectivity index (χ3v) is 4.21. The third-order valence-electron chi connectivity index (χ3n) is 4.21. The topological polar surface area (TPSA) is 59.4 Å². The van der Waals surface area contributed by atoms with E-state index >= 15 is 0 Å². The van der Waals surface area contributed by atoms with Crippen molar-refractivity contribution in [3.05, 3.63) is 18.2 Å². The van der Waals surface area contributed by atoms with Gasteiger partial charge in [0.15, 0.2) is 0 Å². The number of carbonyl (C=O) groups excluding carboxylic acids is 1. The molecule has 1 N–H and O–H groups in total. The van der Waals surface area contributed by atoms with Crippen LogP contribution in [0.3, 0.4) is 0 Å². The summed E-state index contributed by atoms with van der Waals surface area (Å²) in [6.45, 7) is 6.00. The molecule has 0 spiro atoms. The standard InChI is InChI=1S/C16H28N4O2/c1-4-6-14(15-17-9-12-19(15)3)18-13-7-10-20(11-8-13)16(21)22-5-2/h9,12-14,18H,4-8,10-11H2,1-3H3. The van der Waals surface area contributed by atoms with Crippen LogP contribution in [0.15, 0.2) is 12.4 Å². The van der Waals surface area contributed by atoms with Gasteiger partial charge in [-0.2, -0.15) is 0 Å². The molecule has 1 amide bonds. The van der Waals surface area contributed by atoms with E-state index < -0.39 is 0 Å². The molecule has 0 radical (unpaired) electrons. The fourth-order valence-electron chi connectivity index (χ4n) is 3.02. The second-order valence-electron chi connectivity index (χ2n) is 5.86. The molecule has 2 heterocycles. The molecule has 0 aromatic carbocycles. The van der Waals surface area contributed by atoms with Crippen molar-refractivity contribution >= 4 is 6.09 Å². The number of hydrogen-bond donors (Lipinski definition) is 1. The van der Waals surface area contributed by atoms with Crippen LogP contribution >= 0.6 is 0 Å². The Morgan fingerprint density at radius 3 is 2.73 bits per heavy atom. The summed E-state index contributed by atoms with van der Waals surface area (Å²) < 4.78 is 7.15. The van der Waals surface area contributed by atoms with E-state index in [9.17, 15) is 4.79 Å². The molecule has 1 saturated heterocycles. The van der Waals surface area contributed by atoms with Crippen LogP contribution in [0.4, 0.5) is 4.79 Å². The average molecular weight is 308 g/mol. The molecule has 124 valence electrons. The highest BCUT2D eigenvalue weighted by Gasteiger charge is 2.26. The summed E-state index contributed by atoms with van der Waals surface area (Å²) in [6.07, 6.45) is 7.77. The number of piperidine rings is 1. The number of nitrogens with zero attached hydrogens (tertiary/aromatic N) is 3. The number of hydrogen-bond acceptors (Lipinski definition) is 4. The summed E-state index contributed by atoms with van der Waals surface area (Å²) in [5.41, 5.74) is 0. The smallest absolute Gasteiger partial charge is 0.409 e. The van der Waals surface area contributed by atoms with Crippen LogP contribution in [0.25, 0.3) is 0 Å². The molecular formula is C16H28N4O2. The molecule has 1 aliphatic rings. The van der Waals surface area contributed by atoms with Crippen LogP contribution in [0.1, 0.15) is 51.4 Å². The van der Waals surface area contributed by atoms with E-state index in [4.69, 9.17) is 4.74 Å². The predicted molar refractivity (Wildman–Crippen MR) is 85.6 cm³/mol. The number of amides is 1. The molecule has 2 rings (SSSR count). The summed E-state index contributed by atoms with van der Waals surface area (Å²) in [5.74, 6) is 1.09. The van der Waals surface area contributed by atoms with E-state index in [0.29, 0.717) is 12.6 Å². The lowest BCUT2D eigenvalue weighted by Crippen LogP contribution is -2.46. The molecule has 1 aliphatic heterocycles. The van der Waals surface area contributed by atoms with Gasteiger partial charge in [-0.25, -0.2) is 9.78 Å². The van der Waals surface area contributed by atoms with Crippen molar-refractivity contribution in [2.45, 2.75) is 51.6 Å². The fourth-order valence-corrected chi connectivity index (χ4v) is 3.02. The summed E-state index contributed by atoms with van der Waals surface area (Å²) >= 11 is 0. The maximum atomic E-state index is 11.7. The lowest BCUT2D eigenvalue weighted by molar-refractivity contribution is 0.0939. The second kappa shape index (κ2) is 8.17. The first kappa shape index (κ1) is 16.8. The molecule has 0 saturated carbocycles. The van der Waals surface area contributed by atoms with Gasteiger partial charge >= 0.3 is 6.09 Å². The number of aromatic nitrogens is 2. The normalized spacial score (nSPS) is 17.5. The number of ether oxygens (including phenoxy) is 1. The quantitative estimate of drug-likeness (QED) is 0.877. The Labute approximate surface area is 132 Å². The number of likely N-dealkylation sites (tertiary alicyclic amines) is 1. The molecule has 6 nitrogen and oxygen atoms in total. The first-order valence-corrected chi connectivity index (χ1v) is 8.30. The zero-order valence-corrected chi connectivity index (χ0v) is 13.9. The molecule has 0 bridgehead atoms. The summed E-state index contributed by atoms with van der Waals surface area (Å²) in [7, 11) is 2.04. The van der Waals surface area contributed by atoms with Crippen molar-refractivity contribution in [2.24, 2.45) is 7.05 Å². The van der Waals surface area contributed by atoms with Crippen molar-refractivity contribution in [2.75, 3.05) is 19.7 Å². The molecule has 0 aliphatic carbocycles. The second-order valence-corrected chi connectivity index (χ2v) is 5.86. The Bertz CT molecular complexity index is 466. The van der Waals surface area contributed by atoms with Crippen molar-refractivity contribution < 1.29 is 9.53 Å². The number of rotatable bonds is 6. The summed E-state index contributed by atoms with van der Waals surface area (Å²) in [4.78, 5) is 18.0. The van der Waals surface area contributed by atoms with Gasteiger partial charge in [0, 0.05) is 38.6 Å². The monoisotopic (exact) mass is 308 g/mol. The highest BCUT2D eigenvalue weighted by Crippen LogP contribution is 2.20. The first-order chi connectivity index (χ1) is 10.7. The van der Waals surface area contributed by atoms with Crippen molar-refractivity contribution in [3.8, 4) is 0 Å². The van der Waals surface area contributed by atoms with Crippen LogP contribution < -0.4 is 5.32 Å². The van der Waals surface area contributed by atoms with Crippen molar-refractivity contribution in [3.63, 3.8) is 0 Å². The van der Waals surface area contributed by atoms with Gasteiger partial charge in [0.05, 0.1) is 12.6 Å². The first-order valence-electron chi connectivity index (χ1n) is 8.30. The maximum Gasteiger partial charge on any atom is 0.409 e. The van der Waals surface area contributed by atoms with Gasteiger partial charge in [0.2, 0.25) is 0 Å². The Morgan fingerprint density at radius 1 is 1.45 bits per heavy atom. The van der Waals surface area contributed by atoms with Gasteiger partial charge in [-0.3, -0.25) is 0 Å². The van der Waals surface area contributed by atoms with E-state index in [-0.39, 0.29) is 12.1 Å². The zero-order chi connectivity index (χ0) is 15.9. The number of imidazole rings is 1. The fraction of sp³-hybridized carbons (Fsp3) is 0.750. The third kappa shape index (κ3) is 4.22. The highest BCUT2D eigenvalue weighted by molar-refractivity contribution is 5.67. The Balaban J connectivity index is 1.88. The van der Waals surface area contributed by atoms with Crippen LogP contribution in [-0.2, 0) is 11.8 Å². The van der Waals surface area contributed by atoms with Crippen LogP contribution in [0, 0.1) is 0 Å². The molecule has 22 heavy (non-hydrogen) atoms. The number of carbonyl (C=O) groups is 1. The minimum absolute atomic E-state index is 0.185. The van der Waals surface area contributed by atoms with Gasteiger partial charge in [-0.15, -0.1) is 0 Å². The Hall–Kier alpha value is -1.56. The van der Waals surface area contributed by atoms with Crippen molar-refractivity contribution in [1.82, 2.24) is 19.8 Å². The van der Waals surface area contributed by atoms with Crippen LogP contribution in [0.2, 0.25) is 0 Å². The maximum absolute atomic E-state index is 11.7. The van der Waals surface area contributed by atoms with E-state index in [2.05, 4.69) is 21.8 Å². The largest absolute Gasteiger partial charge is 0.450 e. The van der Waals surface area contributed by atoms with E-state index in [0.717, 1.165) is 44.6 Å². The van der Waals surface area contributed by atoms with Crippen molar-refractivity contribution in [1.29, 1.82) is 0 Å². The Kier molecular flexibility index (Phi) is 6.24. The summed E-state index contributed by atoms with van der Waals surface area (Å²) in [6, 6.07) is 0.711. The zero-order valence-electron chi connectivity index (χ0n) is 13.9. The van der Waals surface area contributed by atoms with Gasteiger partial charge in [-0.1, -0.05) is 13.3 Å². The molecule has 6 heteroatoms. The lowest BCUT2D eigenvalue weighted by atomic mass is 10.0. The van der Waals surface area contributed by atoms with E-state index in [1.165, 1.54) is 0 Å². The molecular weight excluding hydrogens is 280 g/mol. The van der Waals surface area contributed by atoms with Gasteiger partial charge in [-0.05, 0) is 26.2 Å². The average Bonchev–Trinajstić information content (AvgIpc) is 2.94. The SMILES string of the molecule is CCCC(NC1CCN(C(=O)OCC)CC1)c1nccn1C. The van der Waals surface area contributed by atoms with E-state index in [1.54, 1.807) is 4.90 Å². The predicted octanol–water partition coefficient (Wildman–Crippen LogP) is 2.47. The van der Waals surface area contributed by atoms with Crippen LogP contribution in [-0.4, -0.2) is 46.3 Å². The van der Waals surface area contributed by atoms with Gasteiger partial charge in [0.25, 0.3) is 0 Å². The molecule has 1 aromatic rings. The minimum atomic E-state index is -0.185. The van der Waals surface area contributed by atoms with Gasteiger partial charge in [0.1, 0.15) is 5.82 Å². The molecule has 1 aromatic heterocycles. The highest BCUT2D eigenvalue weighted by atomic mass is 16.6. The van der Waals surface area contributed by atoms with Gasteiger partial charge < -0.3 is 19.5 Å². The summed E-state index contributed by atoms with van der Waals surface area (Å²) in [5, 5.41) is 3.73. The van der Waals surface area contributed by atoms with Crippen LogP contribution in [0.5, 0.6) is 0 Å². The molecule has 1 unspecified atom stereocenters. The number of aryl methyl sites for hydroxylation is 1.